The van der Waals surface area contributed by atoms with Gasteiger partial charge >= 0.3 is 5.97 Å². The van der Waals surface area contributed by atoms with Crippen LogP contribution in [0, 0.1) is 6.92 Å². The zero-order valence-corrected chi connectivity index (χ0v) is 26.4. The van der Waals surface area contributed by atoms with Crippen LogP contribution in [0.3, 0.4) is 0 Å². The van der Waals surface area contributed by atoms with Gasteiger partial charge in [0.1, 0.15) is 6.54 Å². The van der Waals surface area contributed by atoms with Gasteiger partial charge in [-0.05, 0) is 44.9 Å². The van der Waals surface area contributed by atoms with E-state index in [1.165, 1.54) is 23.8 Å². The molecule has 0 saturated carbocycles. The molecule has 0 fully saturated rings. The van der Waals surface area contributed by atoms with Gasteiger partial charge in [-0.1, -0.05) is 68.0 Å². The standard InChI is InChI=1S/C34H42N2O5S/c1-25-18-19-29-27(24-25)34(4,5)31(36(29)22-20-32(37)38)17-9-7-8-16-30-33(2,3)26-14-10-11-15-28(26)35(30)21-12-13-23-42(39,40)41-6/h7-11,14-19,24H,12-13,20-23H2,1-6H3/p+1. The van der Waals surface area contributed by atoms with Crippen molar-refractivity contribution in [2.75, 3.05) is 30.9 Å². The smallest absolute Gasteiger partial charge is 0.305 e. The van der Waals surface area contributed by atoms with Crippen LogP contribution in [0.2, 0.25) is 0 Å². The van der Waals surface area contributed by atoms with E-state index in [-0.39, 0.29) is 23.0 Å². The van der Waals surface area contributed by atoms with E-state index in [4.69, 9.17) is 0 Å². The van der Waals surface area contributed by atoms with E-state index in [0.717, 1.165) is 22.8 Å². The van der Waals surface area contributed by atoms with Crippen LogP contribution in [0.15, 0.2) is 78.5 Å². The fraction of sp³-hybridized carbons (Fsp3) is 0.412. The lowest BCUT2D eigenvalue weighted by Crippen LogP contribution is -2.28. The number of aliphatic carboxylic acids is 1. The number of unbranched alkanes of at least 4 members (excludes halogenated alkanes) is 1. The summed E-state index contributed by atoms with van der Waals surface area (Å²) >= 11 is 0. The number of benzene rings is 2. The zero-order valence-electron chi connectivity index (χ0n) is 25.6. The zero-order chi connectivity index (χ0) is 30.7. The van der Waals surface area contributed by atoms with Crippen LogP contribution in [-0.4, -0.2) is 55.7 Å². The number of aryl methyl sites for hydroxylation is 1. The van der Waals surface area contributed by atoms with E-state index in [1.54, 1.807) is 0 Å². The van der Waals surface area contributed by atoms with E-state index >= 15 is 0 Å². The van der Waals surface area contributed by atoms with E-state index in [0.29, 0.717) is 25.9 Å². The molecule has 42 heavy (non-hydrogen) atoms. The van der Waals surface area contributed by atoms with Crippen LogP contribution in [0.1, 0.15) is 63.6 Å². The topological polar surface area (TPSA) is 86.9 Å². The molecule has 4 rings (SSSR count). The first-order valence-electron chi connectivity index (χ1n) is 14.5. The molecule has 7 nitrogen and oxygen atoms in total. The number of carboxylic acids is 1. The summed E-state index contributed by atoms with van der Waals surface area (Å²) < 4.78 is 30.4. The van der Waals surface area contributed by atoms with Crippen molar-refractivity contribution in [3.8, 4) is 0 Å². The largest absolute Gasteiger partial charge is 0.481 e. The molecule has 2 aromatic rings. The van der Waals surface area contributed by atoms with Crippen molar-refractivity contribution in [3.05, 3.63) is 95.2 Å². The molecular weight excluding hydrogens is 548 g/mol. The highest BCUT2D eigenvalue weighted by atomic mass is 32.2. The van der Waals surface area contributed by atoms with Crippen molar-refractivity contribution in [3.63, 3.8) is 0 Å². The Morgan fingerprint density at radius 2 is 1.74 bits per heavy atom. The third kappa shape index (κ3) is 6.45. The van der Waals surface area contributed by atoms with Crippen molar-refractivity contribution in [1.82, 2.24) is 0 Å². The second-order valence-electron chi connectivity index (χ2n) is 12.1. The number of carboxylic acid groups (broad SMARTS) is 1. The molecule has 2 aliphatic heterocycles. The molecule has 0 amide bonds. The SMILES string of the molecule is COS(=O)(=O)CCCC[N+]1=C(/C=C/C=C/C=C2\N(CCC(=O)O)c3ccc(C)cc3C2(C)C)C(C)(C)c2ccccc21. The number of anilines is 1. The van der Waals surface area contributed by atoms with E-state index in [1.807, 2.05) is 24.3 Å². The van der Waals surface area contributed by atoms with Crippen molar-refractivity contribution in [2.24, 2.45) is 0 Å². The van der Waals surface area contributed by atoms with E-state index < -0.39 is 16.1 Å². The highest BCUT2D eigenvalue weighted by Crippen LogP contribution is 2.48. The summed E-state index contributed by atoms with van der Waals surface area (Å²) in [6, 6.07) is 14.7. The Bertz CT molecular complexity index is 1580. The predicted octanol–water partition coefficient (Wildman–Crippen LogP) is 6.40. The number of allylic oxidation sites excluding steroid dienone is 6. The maximum Gasteiger partial charge on any atom is 0.305 e. The van der Waals surface area contributed by atoms with Crippen LogP contribution in [0.5, 0.6) is 0 Å². The first-order valence-corrected chi connectivity index (χ1v) is 16.1. The Morgan fingerprint density at radius 3 is 2.45 bits per heavy atom. The summed E-state index contributed by atoms with van der Waals surface area (Å²) in [5, 5.41) is 9.37. The lowest BCUT2D eigenvalue weighted by molar-refractivity contribution is -0.438. The van der Waals surface area contributed by atoms with Crippen molar-refractivity contribution in [2.45, 2.75) is 64.7 Å². The maximum absolute atomic E-state index is 11.8. The number of fused-ring (bicyclic) bond motifs is 2. The van der Waals surface area contributed by atoms with Gasteiger partial charge < -0.3 is 10.0 Å². The average molecular weight is 592 g/mol. The van der Waals surface area contributed by atoms with Gasteiger partial charge in [-0.3, -0.25) is 8.98 Å². The van der Waals surface area contributed by atoms with Crippen LogP contribution in [-0.2, 0) is 29.9 Å². The van der Waals surface area contributed by atoms with Gasteiger partial charge in [0.25, 0.3) is 10.1 Å². The third-order valence-electron chi connectivity index (χ3n) is 8.41. The van der Waals surface area contributed by atoms with Gasteiger partial charge in [-0.25, -0.2) is 0 Å². The van der Waals surface area contributed by atoms with Gasteiger partial charge in [0, 0.05) is 47.5 Å². The van der Waals surface area contributed by atoms with Gasteiger partial charge in [-0.15, -0.1) is 0 Å². The summed E-state index contributed by atoms with van der Waals surface area (Å²) in [7, 11) is -2.26. The number of hydrogen-bond donors (Lipinski definition) is 1. The van der Waals surface area contributed by atoms with Gasteiger partial charge in [0.05, 0.1) is 24.7 Å². The Balaban J connectivity index is 1.60. The molecule has 224 valence electrons. The molecule has 0 atom stereocenters. The first kappa shape index (κ1) is 31.4. The molecule has 2 aromatic carbocycles. The average Bonchev–Trinajstić information content (AvgIpc) is 3.28. The normalized spacial score (nSPS) is 18.4. The minimum absolute atomic E-state index is 0.00816. The summed E-state index contributed by atoms with van der Waals surface area (Å²) in [5.41, 5.74) is 7.61. The lowest BCUT2D eigenvalue weighted by Gasteiger charge is -2.26. The molecule has 0 aliphatic carbocycles. The monoisotopic (exact) mass is 591 g/mol. The maximum atomic E-state index is 11.8. The quantitative estimate of drug-likeness (QED) is 0.133. The summed E-state index contributed by atoms with van der Waals surface area (Å²) in [4.78, 5) is 13.5. The van der Waals surface area contributed by atoms with Gasteiger partial charge in [0.2, 0.25) is 5.69 Å². The molecule has 8 heteroatoms. The molecule has 0 bridgehead atoms. The van der Waals surface area contributed by atoms with Crippen LogP contribution in [0.25, 0.3) is 0 Å². The van der Waals surface area contributed by atoms with Crippen LogP contribution in [0.4, 0.5) is 11.4 Å². The molecule has 0 spiro atoms. The molecule has 2 aliphatic rings. The van der Waals surface area contributed by atoms with Gasteiger partial charge in [0.15, 0.2) is 5.71 Å². The molecule has 0 aromatic heterocycles. The number of hydrogen-bond acceptors (Lipinski definition) is 5. The highest BCUT2D eigenvalue weighted by molar-refractivity contribution is 7.86. The predicted molar refractivity (Wildman–Crippen MR) is 169 cm³/mol. The Kier molecular flexibility index (Phi) is 9.28. The first-order chi connectivity index (χ1) is 19.8. The minimum Gasteiger partial charge on any atom is -0.481 e. The molecule has 0 unspecified atom stereocenters. The van der Waals surface area contributed by atoms with E-state index in [2.05, 4.69) is 96.8 Å². The molecular formula is C34H43N2O5S+. The van der Waals surface area contributed by atoms with E-state index in [9.17, 15) is 18.3 Å². The summed E-state index contributed by atoms with van der Waals surface area (Å²) in [5.74, 6) is -0.804. The summed E-state index contributed by atoms with van der Waals surface area (Å²) in [6.45, 7) is 12.0. The molecule has 2 heterocycles. The lowest BCUT2D eigenvalue weighted by atomic mass is 9.81. The third-order valence-corrected chi connectivity index (χ3v) is 9.70. The van der Waals surface area contributed by atoms with Gasteiger partial charge in [-0.2, -0.15) is 13.0 Å². The van der Waals surface area contributed by atoms with Crippen molar-refractivity contribution >= 4 is 33.2 Å². The fourth-order valence-corrected chi connectivity index (χ4v) is 6.83. The number of para-hydroxylation sites is 1. The number of rotatable bonds is 12. The van der Waals surface area contributed by atoms with Crippen molar-refractivity contribution in [1.29, 1.82) is 0 Å². The molecule has 1 N–H and O–H groups in total. The molecule has 0 radical (unpaired) electrons. The van der Waals surface area contributed by atoms with Crippen LogP contribution >= 0.6 is 0 Å². The highest BCUT2D eigenvalue weighted by Gasteiger charge is 2.44. The van der Waals surface area contributed by atoms with Crippen molar-refractivity contribution < 1.29 is 27.1 Å². The molecule has 0 saturated heterocycles. The Morgan fingerprint density at radius 1 is 1.00 bits per heavy atom. The number of carbonyl (C=O) groups is 1. The fourth-order valence-electron chi connectivity index (χ4n) is 6.11. The summed E-state index contributed by atoms with van der Waals surface area (Å²) in [6.07, 6.45) is 11.6. The second-order valence-corrected chi connectivity index (χ2v) is 13.9. The van der Waals surface area contributed by atoms with Crippen LogP contribution < -0.4 is 4.90 Å². The minimum atomic E-state index is -3.47. The Hall–Kier alpha value is -3.49. The Labute approximate surface area is 250 Å². The number of nitrogens with zero attached hydrogens (tertiary/aromatic N) is 2. The second kappa shape index (κ2) is 12.4.